The van der Waals surface area contributed by atoms with Crippen molar-refractivity contribution in [3.63, 3.8) is 0 Å². The molecule has 0 bridgehead atoms. The molecule has 0 fully saturated rings. The number of carbonyl (C=O) groups is 1. The lowest BCUT2D eigenvalue weighted by atomic mass is 10.3. The van der Waals surface area contributed by atoms with Crippen molar-refractivity contribution >= 4 is 11.8 Å². The average Bonchev–Trinajstić information content (AvgIpc) is 2.38. The quantitative estimate of drug-likeness (QED) is 0.857. The van der Waals surface area contributed by atoms with Gasteiger partial charge < -0.3 is 15.2 Å². The summed E-state index contributed by atoms with van der Waals surface area (Å²) in [5.74, 6) is -0.604. The number of nitrogens with zero attached hydrogens (tertiary/aromatic N) is 2. The molecule has 0 atom stereocenters. The average molecular weight is 263 g/mol. The van der Waals surface area contributed by atoms with Gasteiger partial charge in [0.15, 0.2) is 0 Å². The van der Waals surface area contributed by atoms with Crippen LogP contribution in [0.5, 0.6) is 11.6 Å². The largest absolute Gasteiger partial charge is 0.480 e. The molecule has 0 amide bonds. The summed E-state index contributed by atoms with van der Waals surface area (Å²) in [5.41, 5.74) is 0. The molecule has 98 valence electrons. The molecule has 0 aliphatic rings. The normalized spacial score (nSPS) is 9.95. The van der Waals surface area contributed by atoms with Crippen LogP contribution in [0.3, 0.4) is 0 Å². The minimum absolute atomic E-state index is 0.187. The number of hydrogen-bond acceptors (Lipinski definition) is 5. The minimum atomic E-state index is -0.998. The van der Waals surface area contributed by atoms with Crippen molar-refractivity contribution in [1.82, 2.24) is 9.97 Å². The number of ether oxygens (including phenoxy) is 1. The molecule has 1 aromatic heterocycles. The van der Waals surface area contributed by atoms with Crippen molar-refractivity contribution in [3.05, 3.63) is 42.5 Å². The molecule has 1 heterocycles. The molecule has 6 nitrogen and oxygen atoms in total. The summed E-state index contributed by atoms with van der Waals surface area (Å²) in [6, 6.07) is 5.62. The molecule has 0 saturated heterocycles. The van der Waals surface area contributed by atoms with Crippen LogP contribution in [0.2, 0.25) is 0 Å². The predicted molar refractivity (Wildman–Crippen MR) is 64.6 cm³/mol. The first-order valence-electron chi connectivity index (χ1n) is 5.34. The number of carboxylic acids is 1. The summed E-state index contributed by atoms with van der Waals surface area (Å²) in [6.07, 6.45) is 2.65. The van der Waals surface area contributed by atoms with Crippen LogP contribution >= 0.6 is 0 Å². The standard InChI is InChI=1S/C12H10FN3O3/c13-8-2-1-3-9(4-8)19-11-6-14-10(5-16-11)15-7-12(17)18/h1-6H,7H2,(H,14,15)(H,17,18). The Kier molecular flexibility index (Phi) is 3.87. The lowest BCUT2D eigenvalue weighted by molar-refractivity contribution is -0.134. The molecule has 1 aromatic carbocycles. The van der Waals surface area contributed by atoms with Gasteiger partial charge in [-0.15, -0.1) is 0 Å². The first-order valence-corrected chi connectivity index (χ1v) is 5.34. The highest BCUT2D eigenvalue weighted by molar-refractivity contribution is 5.72. The fraction of sp³-hybridized carbons (Fsp3) is 0.0833. The van der Waals surface area contributed by atoms with Crippen LogP contribution in [-0.4, -0.2) is 27.6 Å². The van der Waals surface area contributed by atoms with E-state index in [1.165, 1.54) is 30.6 Å². The van der Waals surface area contributed by atoms with E-state index in [4.69, 9.17) is 9.84 Å². The van der Waals surface area contributed by atoms with Crippen LogP contribution in [0.4, 0.5) is 10.2 Å². The number of aliphatic carboxylic acids is 1. The molecule has 7 heteroatoms. The summed E-state index contributed by atoms with van der Waals surface area (Å²) >= 11 is 0. The number of nitrogens with one attached hydrogen (secondary N) is 1. The lowest BCUT2D eigenvalue weighted by Crippen LogP contribution is -2.13. The third kappa shape index (κ3) is 3.91. The van der Waals surface area contributed by atoms with Gasteiger partial charge >= 0.3 is 5.97 Å². The van der Waals surface area contributed by atoms with Crippen LogP contribution in [0.25, 0.3) is 0 Å². The van der Waals surface area contributed by atoms with E-state index in [-0.39, 0.29) is 12.4 Å². The van der Waals surface area contributed by atoms with Gasteiger partial charge in [-0.2, -0.15) is 0 Å². The molecule has 0 radical (unpaired) electrons. The van der Waals surface area contributed by atoms with Gasteiger partial charge in [0, 0.05) is 6.07 Å². The summed E-state index contributed by atoms with van der Waals surface area (Å²) in [7, 11) is 0. The predicted octanol–water partition coefficient (Wildman–Crippen LogP) is 1.90. The molecular weight excluding hydrogens is 253 g/mol. The Morgan fingerprint density at radius 1 is 1.37 bits per heavy atom. The zero-order valence-corrected chi connectivity index (χ0v) is 9.71. The lowest BCUT2D eigenvalue weighted by Gasteiger charge is -2.05. The number of carboxylic acid groups (broad SMARTS) is 1. The number of rotatable bonds is 5. The van der Waals surface area contributed by atoms with Crippen molar-refractivity contribution < 1.29 is 19.0 Å². The summed E-state index contributed by atoms with van der Waals surface area (Å²) in [4.78, 5) is 18.2. The van der Waals surface area contributed by atoms with Gasteiger partial charge in [0.25, 0.3) is 0 Å². The van der Waals surface area contributed by atoms with E-state index >= 15 is 0 Å². The zero-order valence-electron chi connectivity index (χ0n) is 9.71. The SMILES string of the molecule is O=C(O)CNc1cnc(Oc2cccc(F)c2)cn1. The van der Waals surface area contributed by atoms with E-state index in [2.05, 4.69) is 15.3 Å². The van der Waals surface area contributed by atoms with E-state index in [9.17, 15) is 9.18 Å². The highest BCUT2D eigenvalue weighted by atomic mass is 19.1. The fourth-order valence-electron chi connectivity index (χ4n) is 1.28. The van der Waals surface area contributed by atoms with Crippen LogP contribution in [0, 0.1) is 5.82 Å². The molecular formula is C12H10FN3O3. The molecule has 2 aromatic rings. The van der Waals surface area contributed by atoms with E-state index in [0.29, 0.717) is 11.6 Å². The monoisotopic (exact) mass is 263 g/mol. The molecule has 19 heavy (non-hydrogen) atoms. The molecule has 2 N–H and O–H groups in total. The maximum atomic E-state index is 12.9. The number of benzene rings is 1. The van der Waals surface area contributed by atoms with E-state index in [1.54, 1.807) is 6.07 Å². The Hall–Kier alpha value is -2.70. The second kappa shape index (κ2) is 5.76. The number of halogens is 1. The van der Waals surface area contributed by atoms with Crippen molar-refractivity contribution in [2.45, 2.75) is 0 Å². The maximum Gasteiger partial charge on any atom is 0.322 e. The summed E-state index contributed by atoms with van der Waals surface area (Å²) in [6.45, 7) is -0.251. The van der Waals surface area contributed by atoms with Crippen molar-refractivity contribution in [2.24, 2.45) is 0 Å². The van der Waals surface area contributed by atoms with Crippen LogP contribution in [0.15, 0.2) is 36.7 Å². The maximum absolute atomic E-state index is 12.9. The van der Waals surface area contributed by atoms with Crippen LogP contribution in [-0.2, 0) is 4.79 Å². The molecule has 0 unspecified atom stereocenters. The van der Waals surface area contributed by atoms with E-state index in [0.717, 1.165) is 0 Å². The van der Waals surface area contributed by atoms with Gasteiger partial charge in [0.05, 0.1) is 12.4 Å². The first-order chi connectivity index (χ1) is 9.13. The van der Waals surface area contributed by atoms with Crippen LogP contribution < -0.4 is 10.1 Å². The van der Waals surface area contributed by atoms with Gasteiger partial charge in [0.1, 0.15) is 23.9 Å². The van der Waals surface area contributed by atoms with E-state index < -0.39 is 11.8 Å². The molecule has 0 aliphatic carbocycles. The van der Waals surface area contributed by atoms with Crippen LogP contribution in [0.1, 0.15) is 0 Å². The highest BCUT2D eigenvalue weighted by Crippen LogP contribution is 2.19. The van der Waals surface area contributed by atoms with Crippen molar-refractivity contribution in [1.29, 1.82) is 0 Å². The molecule has 0 saturated carbocycles. The van der Waals surface area contributed by atoms with Crippen molar-refractivity contribution in [2.75, 3.05) is 11.9 Å². The number of anilines is 1. The second-order valence-corrected chi connectivity index (χ2v) is 3.55. The number of hydrogen-bond donors (Lipinski definition) is 2. The van der Waals surface area contributed by atoms with Gasteiger partial charge in [-0.3, -0.25) is 4.79 Å². The highest BCUT2D eigenvalue weighted by Gasteiger charge is 2.02. The molecule has 0 aliphatic heterocycles. The Morgan fingerprint density at radius 2 is 2.21 bits per heavy atom. The van der Waals surface area contributed by atoms with Gasteiger partial charge in [-0.05, 0) is 12.1 Å². The van der Waals surface area contributed by atoms with Gasteiger partial charge in [-0.1, -0.05) is 6.07 Å². The Morgan fingerprint density at radius 3 is 2.84 bits per heavy atom. The smallest absolute Gasteiger partial charge is 0.322 e. The van der Waals surface area contributed by atoms with Crippen molar-refractivity contribution in [3.8, 4) is 11.6 Å². The second-order valence-electron chi connectivity index (χ2n) is 3.55. The minimum Gasteiger partial charge on any atom is -0.480 e. The third-order valence-corrected chi connectivity index (χ3v) is 2.07. The summed E-state index contributed by atoms with van der Waals surface area (Å²) in [5, 5.41) is 11.0. The van der Waals surface area contributed by atoms with Gasteiger partial charge in [-0.25, -0.2) is 14.4 Å². The third-order valence-electron chi connectivity index (χ3n) is 2.07. The Labute approximate surface area is 107 Å². The summed E-state index contributed by atoms with van der Waals surface area (Å²) < 4.78 is 18.2. The topological polar surface area (TPSA) is 84.3 Å². The zero-order chi connectivity index (χ0) is 13.7. The fourth-order valence-corrected chi connectivity index (χ4v) is 1.28. The first kappa shape index (κ1) is 12.7. The number of aromatic nitrogens is 2. The van der Waals surface area contributed by atoms with E-state index in [1.807, 2.05) is 0 Å². The Bertz CT molecular complexity index is 575. The molecule has 2 rings (SSSR count). The van der Waals surface area contributed by atoms with Gasteiger partial charge in [0.2, 0.25) is 5.88 Å². The Balaban J connectivity index is 2.00. The molecule has 0 spiro atoms.